The van der Waals surface area contributed by atoms with E-state index in [1.54, 1.807) is 6.92 Å². The highest BCUT2D eigenvalue weighted by molar-refractivity contribution is 5.73. The van der Waals surface area contributed by atoms with Crippen molar-refractivity contribution < 1.29 is 9.90 Å². The molecule has 0 bridgehead atoms. The first-order valence-corrected chi connectivity index (χ1v) is 5.82. The fourth-order valence-electron chi connectivity index (χ4n) is 2.11. The number of rotatable bonds is 5. The molecule has 0 aromatic carbocycles. The Bertz CT molecular complexity index is 197. The molecule has 4 nitrogen and oxygen atoms in total. The number of carbonyl (C=O) groups excluding carboxylic acids is 1. The predicted molar refractivity (Wildman–Crippen MR) is 59.6 cm³/mol. The second-order valence-corrected chi connectivity index (χ2v) is 4.27. The van der Waals surface area contributed by atoms with E-state index in [4.69, 9.17) is 5.11 Å². The van der Waals surface area contributed by atoms with Gasteiger partial charge in [0.25, 0.3) is 0 Å². The molecule has 4 heteroatoms. The lowest BCUT2D eigenvalue weighted by molar-refractivity contribution is -0.120. The number of aliphatic hydroxyl groups excluding tert-OH is 1. The zero-order valence-electron chi connectivity index (χ0n) is 9.54. The third-order valence-corrected chi connectivity index (χ3v) is 2.80. The number of piperidine rings is 1. The third-order valence-electron chi connectivity index (χ3n) is 2.80. The summed E-state index contributed by atoms with van der Waals surface area (Å²) < 4.78 is 0. The molecule has 0 saturated carbocycles. The van der Waals surface area contributed by atoms with Crippen LogP contribution in [0.25, 0.3) is 0 Å². The lowest BCUT2D eigenvalue weighted by atomic mass is 10.1. The predicted octanol–water partition coefficient (Wildman–Crippen LogP) is 0.359. The minimum absolute atomic E-state index is 0.0669. The maximum Gasteiger partial charge on any atom is 0.217 e. The van der Waals surface area contributed by atoms with Crippen LogP contribution < -0.4 is 5.32 Å². The Labute approximate surface area is 91.6 Å². The molecule has 1 aliphatic heterocycles. The SMILES string of the molecule is CC(=O)NC1CCCN(CCCCO)C1. The molecule has 0 radical (unpaired) electrons. The van der Waals surface area contributed by atoms with Gasteiger partial charge in [-0.25, -0.2) is 0 Å². The molecule has 1 unspecified atom stereocenters. The van der Waals surface area contributed by atoms with Gasteiger partial charge in [-0.05, 0) is 38.8 Å². The van der Waals surface area contributed by atoms with Gasteiger partial charge in [0.05, 0.1) is 0 Å². The quantitative estimate of drug-likeness (QED) is 0.650. The number of carbonyl (C=O) groups is 1. The average molecular weight is 214 g/mol. The summed E-state index contributed by atoms with van der Waals surface area (Å²) in [5.74, 6) is 0.0669. The summed E-state index contributed by atoms with van der Waals surface area (Å²) in [6.45, 7) is 4.98. The van der Waals surface area contributed by atoms with Gasteiger partial charge in [-0.2, -0.15) is 0 Å². The smallest absolute Gasteiger partial charge is 0.217 e. The highest BCUT2D eigenvalue weighted by Crippen LogP contribution is 2.10. The van der Waals surface area contributed by atoms with Crippen LogP contribution in [0.4, 0.5) is 0 Å². The zero-order chi connectivity index (χ0) is 11.1. The minimum Gasteiger partial charge on any atom is -0.396 e. The van der Waals surface area contributed by atoms with Gasteiger partial charge in [-0.15, -0.1) is 0 Å². The molecule has 88 valence electrons. The van der Waals surface area contributed by atoms with Crippen LogP contribution in [-0.2, 0) is 4.79 Å². The monoisotopic (exact) mass is 214 g/mol. The number of nitrogens with zero attached hydrogens (tertiary/aromatic N) is 1. The van der Waals surface area contributed by atoms with Crippen LogP contribution in [0.3, 0.4) is 0 Å². The van der Waals surface area contributed by atoms with Gasteiger partial charge in [0.15, 0.2) is 0 Å². The molecule has 1 saturated heterocycles. The van der Waals surface area contributed by atoms with Gasteiger partial charge in [-0.3, -0.25) is 4.79 Å². The first kappa shape index (κ1) is 12.5. The second kappa shape index (κ2) is 6.80. The van der Waals surface area contributed by atoms with Gasteiger partial charge in [-0.1, -0.05) is 0 Å². The number of amides is 1. The largest absolute Gasteiger partial charge is 0.396 e. The Hall–Kier alpha value is -0.610. The van der Waals surface area contributed by atoms with Crippen LogP contribution in [0.1, 0.15) is 32.6 Å². The van der Waals surface area contributed by atoms with Crippen molar-refractivity contribution in [1.29, 1.82) is 0 Å². The average Bonchev–Trinajstić information content (AvgIpc) is 2.18. The molecule has 1 atom stereocenters. The fourth-order valence-corrected chi connectivity index (χ4v) is 2.11. The number of hydrogen-bond acceptors (Lipinski definition) is 3. The van der Waals surface area contributed by atoms with E-state index in [2.05, 4.69) is 10.2 Å². The maximum atomic E-state index is 10.9. The number of hydrogen-bond donors (Lipinski definition) is 2. The summed E-state index contributed by atoms with van der Waals surface area (Å²) in [5, 5.41) is 11.7. The standard InChI is InChI=1S/C11H22N2O2/c1-10(15)12-11-5-4-7-13(9-11)6-2-3-8-14/h11,14H,2-9H2,1H3,(H,12,15). The van der Waals surface area contributed by atoms with Crippen LogP contribution in [0.2, 0.25) is 0 Å². The molecule has 1 aliphatic rings. The minimum atomic E-state index is 0.0669. The molecule has 1 amide bonds. The van der Waals surface area contributed by atoms with Crippen molar-refractivity contribution in [2.24, 2.45) is 0 Å². The van der Waals surface area contributed by atoms with E-state index in [-0.39, 0.29) is 12.5 Å². The van der Waals surface area contributed by atoms with Gasteiger partial charge in [0.2, 0.25) is 5.91 Å². The van der Waals surface area contributed by atoms with E-state index in [9.17, 15) is 4.79 Å². The number of likely N-dealkylation sites (tertiary alicyclic amines) is 1. The molecule has 2 N–H and O–H groups in total. The van der Waals surface area contributed by atoms with Gasteiger partial charge in [0.1, 0.15) is 0 Å². The van der Waals surface area contributed by atoms with E-state index in [1.165, 1.54) is 0 Å². The van der Waals surface area contributed by atoms with Gasteiger partial charge >= 0.3 is 0 Å². The number of nitrogens with one attached hydrogen (secondary N) is 1. The van der Waals surface area contributed by atoms with Crippen LogP contribution in [-0.4, -0.2) is 48.2 Å². The number of aliphatic hydroxyl groups is 1. The van der Waals surface area contributed by atoms with Gasteiger partial charge in [0, 0.05) is 26.1 Å². The molecule has 0 aliphatic carbocycles. The Morgan fingerprint density at radius 1 is 1.53 bits per heavy atom. The Kier molecular flexibility index (Phi) is 5.65. The van der Waals surface area contributed by atoms with Crippen LogP contribution in [0.15, 0.2) is 0 Å². The molecule has 15 heavy (non-hydrogen) atoms. The molecular weight excluding hydrogens is 192 g/mol. The Morgan fingerprint density at radius 2 is 2.33 bits per heavy atom. The molecule has 1 heterocycles. The summed E-state index contributed by atoms with van der Waals surface area (Å²) >= 11 is 0. The summed E-state index contributed by atoms with van der Waals surface area (Å²) in [5.41, 5.74) is 0. The van der Waals surface area contributed by atoms with Crippen molar-refractivity contribution in [1.82, 2.24) is 10.2 Å². The van der Waals surface area contributed by atoms with Crippen molar-refractivity contribution in [3.63, 3.8) is 0 Å². The van der Waals surface area contributed by atoms with E-state index in [1.807, 2.05) is 0 Å². The van der Waals surface area contributed by atoms with Crippen molar-refractivity contribution in [2.75, 3.05) is 26.2 Å². The van der Waals surface area contributed by atoms with E-state index in [0.717, 1.165) is 45.3 Å². The van der Waals surface area contributed by atoms with Crippen LogP contribution >= 0.6 is 0 Å². The Balaban J connectivity index is 2.19. The van der Waals surface area contributed by atoms with E-state index in [0.29, 0.717) is 6.04 Å². The summed E-state index contributed by atoms with van der Waals surface area (Å²) in [6, 6.07) is 0.324. The first-order valence-electron chi connectivity index (χ1n) is 5.82. The van der Waals surface area contributed by atoms with Crippen LogP contribution in [0.5, 0.6) is 0 Å². The molecular formula is C11H22N2O2. The van der Waals surface area contributed by atoms with Crippen molar-refractivity contribution in [3.8, 4) is 0 Å². The van der Waals surface area contributed by atoms with Gasteiger partial charge < -0.3 is 15.3 Å². The van der Waals surface area contributed by atoms with Crippen molar-refractivity contribution >= 4 is 5.91 Å². The molecule has 0 aromatic rings. The highest BCUT2D eigenvalue weighted by atomic mass is 16.2. The summed E-state index contributed by atoms with van der Waals surface area (Å²) in [6.07, 6.45) is 4.17. The van der Waals surface area contributed by atoms with Crippen molar-refractivity contribution in [2.45, 2.75) is 38.6 Å². The molecule has 0 spiro atoms. The lowest BCUT2D eigenvalue weighted by Crippen LogP contribution is -2.47. The Morgan fingerprint density at radius 3 is 3.00 bits per heavy atom. The maximum absolute atomic E-state index is 10.9. The highest BCUT2D eigenvalue weighted by Gasteiger charge is 2.19. The summed E-state index contributed by atoms with van der Waals surface area (Å²) in [4.78, 5) is 13.3. The molecule has 0 aromatic heterocycles. The van der Waals surface area contributed by atoms with E-state index < -0.39 is 0 Å². The normalized spacial score (nSPS) is 22.7. The van der Waals surface area contributed by atoms with E-state index >= 15 is 0 Å². The fraction of sp³-hybridized carbons (Fsp3) is 0.909. The third kappa shape index (κ3) is 5.14. The van der Waals surface area contributed by atoms with Crippen molar-refractivity contribution in [3.05, 3.63) is 0 Å². The topological polar surface area (TPSA) is 52.6 Å². The summed E-state index contributed by atoms with van der Waals surface area (Å²) in [7, 11) is 0. The van der Waals surface area contributed by atoms with Crippen LogP contribution in [0, 0.1) is 0 Å². The lowest BCUT2D eigenvalue weighted by Gasteiger charge is -2.32. The first-order chi connectivity index (χ1) is 7.22. The molecule has 1 rings (SSSR count). The zero-order valence-corrected chi connectivity index (χ0v) is 9.54. The second-order valence-electron chi connectivity index (χ2n) is 4.27. The number of unbranched alkanes of at least 4 members (excludes halogenated alkanes) is 1. The molecule has 1 fully saturated rings.